The van der Waals surface area contributed by atoms with Gasteiger partial charge in [0, 0.05) is 0 Å². The zero-order chi connectivity index (χ0) is 18.6. The first-order valence-corrected chi connectivity index (χ1v) is 8.28. The van der Waals surface area contributed by atoms with Crippen LogP contribution < -0.4 is 9.47 Å². The lowest BCUT2D eigenvalue weighted by Gasteiger charge is -2.26. The third-order valence-corrected chi connectivity index (χ3v) is 4.74. The summed E-state index contributed by atoms with van der Waals surface area (Å²) >= 11 is 0. The normalized spacial score (nSPS) is 14.6. The molecule has 2 aromatic rings. The van der Waals surface area contributed by atoms with Gasteiger partial charge in [-0.1, -0.05) is 26.0 Å². The van der Waals surface area contributed by atoms with Gasteiger partial charge in [0.1, 0.15) is 0 Å². The Kier molecular flexibility index (Phi) is 6.15. The van der Waals surface area contributed by atoms with Gasteiger partial charge < -0.3 is 24.8 Å². The lowest BCUT2D eigenvalue weighted by molar-refractivity contribution is 0.0869. The molecule has 3 N–H and O–H groups in total. The van der Waals surface area contributed by atoms with Gasteiger partial charge in [-0.15, -0.1) is 0 Å². The molecule has 0 saturated carbocycles. The van der Waals surface area contributed by atoms with Crippen molar-refractivity contribution < 1.29 is 24.8 Å². The first-order chi connectivity index (χ1) is 11.9. The lowest BCUT2D eigenvalue weighted by Crippen LogP contribution is -2.19. The second-order valence-corrected chi connectivity index (χ2v) is 6.42. The van der Waals surface area contributed by atoms with E-state index in [1.54, 1.807) is 18.2 Å². The predicted molar refractivity (Wildman–Crippen MR) is 96.3 cm³/mol. The molecule has 136 valence electrons. The molecule has 0 spiro atoms. The van der Waals surface area contributed by atoms with Gasteiger partial charge in [-0.25, -0.2) is 0 Å². The summed E-state index contributed by atoms with van der Waals surface area (Å²) in [6, 6.07) is 10.2. The summed E-state index contributed by atoms with van der Waals surface area (Å²) in [6.07, 6.45) is 0.0629. The van der Waals surface area contributed by atoms with E-state index in [0.29, 0.717) is 17.1 Å². The Balaban J connectivity index is 2.12. The van der Waals surface area contributed by atoms with Gasteiger partial charge in [-0.3, -0.25) is 0 Å². The average molecular weight is 346 g/mol. The number of benzene rings is 2. The third-order valence-electron chi connectivity index (χ3n) is 4.74. The number of phenols is 2. The Morgan fingerprint density at radius 3 is 2.04 bits per heavy atom. The minimum absolute atomic E-state index is 0.0194. The summed E-state index contributed by atoms with van der Waals surface area (Å²) in [4.78, 5) is 0. The summed E-state index contributed by atoms with van der Waals surface area (Å²) in [5, 5.41) is 30.1. The maximum atomic E-state index is 10.7. The quantitative estimate of drug-likeness (QED) is 0.713. The van der Waals surface area contributed by atoms with Crippen molar-refractivity contribution in [3.8, 4) is 23.0 Å². The fourth-order valence-electron chi connectivity index (χ4n) is 2.90. The summed E-state index contributed by atoms with van der Waals surface area (Å²) in [5.74, 6) is 1.12. The van der Waals surface area contributed by atoms with Crippen LogP contribution in [0.5, 0.6) is 23.0 Å². The van der Waals surface area contributed by atoms with Crippen LogP contribution in [0.15, 0.2) is 36.4 Å². The van der Waals surface area contributed by atoms with Gasteiger partial charge in [-0.2, -0.15) is 0 Å². The molecule has 0 aromatic heterocycles. The molecule has 0 fully saturated rings. The number of aliphatic hydroxyl groups excluding tert-OH is 1. The van der Waals surface area contributed by atoms with Crippen LogP contribution >= 0.6 is 0 Å². The number of ether oxygens (including phenoxy) is 2. The molecular weight excluding hydrogens is 320 g/mol. The molecule has 5 nitrogen and oxygen atoms in total. The number of phenolic OH excluding ortho intramolecular Hbond substituents is 2. The van der Waals surface area contributed by atoms with E-state index >= 15 is 0 Å². The molecule has 0 aliphatic rings. The molecule has 0 amide bonds. The van der Waals surface area contributed by atoms with Crippen LogP contribution in [0.4, 0.5) is 0 Å². The van der Waals surface area contributed by atoms with Gasteiger partial charge in [0.15, 0.2) is 23.0 Å². The molecule has 2 aromatic carbocycles. The topological polar surface area (TPSA) is 79.2 Å². The Hall–Kier alpha value is -2.40. The van der Waals surface area contributed by atoms with Gasteiger partial charge in [-0.05, 0) is 53.6 Å². The number of aliphatic hydroxyl groups is 1. The fraction of sp³-hybridized carbons (Fsp3) is 0.400. The van der Waals surface area contributed by atoms with E-state index in [0.717, 1.165) is 12.0 Å². The highest BCUT2D eigenvalue weighted by Crippen LogP contribution is 2.35. The number of hydrogen-bond acceptors (Lipinski definition) is 5. The van der Waals surface area contributed by atoms with Crippen LogP contribution in [-0.2, 0) is 6.42 Å². The van der Waals surface area contributed by atoms with Crippen LogP contribution in [-0.4, -0.2) is 29.5 Å². The highest BCUT2D eigenvalue weighted by molar-refractivity contribution is 5.43. The summed E-state index contributed by atoms with van der Waals surface area (Å²) in [7, 11) is 3.00. The number of hydrogen-bond donors (Lipinski definition) is 3. The summed E-state index contributed by atoms with van der Waals surface area (Å²) in [6.45, 7) is 4.07. The van der Waals surface area contributed by atoms with Crippen molar-refractivity contribution in [3.63, 3.8) is 0 Å². The molecule has 0 aliphatic heterocycles. The molecule has 0 bridgehead atoms. The molecule has 3 atom stereocenters. The van der Waals surface area contributed by atoms with E-state index in [1.165, 1.54) is 20.3 Å². The SMILES string of the molecule is COc1cc(C[C@@H](C)[C@@H](C)[C@H](O)c2ccc(O)c(OC)c2)ccc1O. The Bertz CT molecular complexity index is 713. The van der Waals surface area contributed by atoms with E-state index in [4.69, 9.17) is 9.47 Å². The zero-order valence-corrected chi connectivity index (χ0v) is 15.1. The Morgan fingerprint density at radius 1 is 0.880 bits per heavy atom. The van der Waals surface area contributed by atoms with Crippen molar-refractivity contribution in [2.24, 2.45) is 11.8 Å². The Labute approximate surface area is 148 Å². The molecular formula is C20H26O5. The number of methoxy groups -OCH3 is 2. The molecule has 0 aliphatic carbocycles. The van der Waals surface area contributed by atoms with E-state index in [-0.39, 0.29) is 23.3 Å². The second-order valence-electron chi connectivity index (χ2n) is 6.42. The standard InChI is InChI=1S/C20H26O5/c1-12(9-14-5-7-16(21)18(10-14)24-3)13(2)20(23)15-6-8-17(22)19(11-15)25-4/h5-8,10-13,20-23H,9H2,1-4H3/t12-,13-,20+/m1/s1. The van der Waals surface area contributed by atoms with Gasteiger partial charge in [0.05, 0.1) is 20.3 Å². The fourth-order valence-corrected chi connectivity index (χ4v) is 2.90. The molecule has 25 heavy (non-hydrogen) atoms. The minimum Gasteiger partial charge on any atom is -0.504 e. The van der Waals surface area contributed by atoms with Crippen molar-refractivity contribution in [3.05, 3.63) is 47.5 Å². The van der Waals surface area contributed by atoms with Crippen LogP contribution in [0, 0.1) is 11.8 Å². The molecule has 0 heterocycles. The van der Waals surface area contributed by atoms with E-state index in [9.17, 15) is 15.3 Å². The van der Waals surface area contributed by atoms with Crippen molar-refractivity contribution in [1.29, 1.82) is 0 Å². The van der Waals surface area contributed by atoms with Gasteiger partial charge in [0.25, 0.3) is 0 Å². The van der Waals surface area contributed by atoms with Gasteiger partial charge >= 0.3 is 0 Å². The molecule has 0 radical (unpaired) electrons. The van der Waals surface area contributed by atoms with Crippen molar-refractivity contribution in [1.82, 2.24) is 0 Å². The highest BCUT2D eigenvalue weighted by Gasteiger charge is 2.23. The minimum atomic E-state index is -0.677. The van der Waals surface area contributed by atoms with Crippen molar-refractivity contribution in [2.45, 2.75) is 26.4 Å². The van der Waals surface area contributed by atoms with Crippen LogP contribution in [0.1, 0.15) is 31.1 Å². The first kappa shape index (κ1) is 18.9. The highest BCUT2D eigenvalue weighted by atomic mass is 16.5. The number of rotatable bonds is 7. The zero-order valence-electron chi connectivity index (χ0n) is 15.1. The van der Waals surface area contributed by atoms with E-state index < -0.39 is 6.10 Å². The molecule has 0 unspecified atom stereocenters. The molecule has 0 saturated heterocycles. The predicted octanol–water partition coefficient (Wildman–Crippen LogP) is 3.66. The number of aromatic hydroxyl groups is 2. The monoisotopic (exact) mass is 346 g/mol. The first-order valence-electron chi connectivity index (χ1n) is 8.28. The molecule has 2 rings (SSSR count). The van der Waals surface area contributed by atoms with E-state index in [1.807, 2.05) is 19.1 Å². The Morgan fingerprint density at radius 2 is 1.44 bits per heavy atom. The second kappa shape index (κ2) is 8.12. The lowest BCUT2D eigenvalue weighted by atomic mass is 9.83. The largest absolute Gasteiger partial charge is 0.504 e. The summed E-state index contributed by atoms with van der Waals surface area (Å²) < 4.78 is 10.3. The van der Waals surface area contributed by atoms with Gasteiger partial charge in [0.2, 0.25) is 0 Å². The maximum Gasteiger partial charge on any atom is 0.160 e. The van der Waals surface area contributed by atoms with Crippen molar-refractivity contribution >= 4 is 0 Å². The van der Waals surface area contributed by atoms with Crippen molar-refractivity contribution in [2.75, 3.05) is 14.2 Å². The van der Waals surface area contributed by atoms with Crippen LogP contribution in [0.3, 0.4) is 0 Å². The van der Waals surface area contributed by atoms with Crippen LogP contribution in [0.2, 0.25) is 0 Å². The smallest absolute Gasteiger partial charge is 0.160 e. The molecule has 5 heteroatoms. The third kappa shape index (κ3) is 4.37. The van der Waals surface area contributed by atoms with Crippen LogP contribution in [0.25, 0.3) is 0 Å². The average Bonchev–Trinajstić information content (AvgIpc) is 2.62. The maximum absolute atomic E-state index is 10.7. The summed E-state index contributed by atoms with van der Waals surface area (Å²) in [5.41, 5.74) is 1.74. The van der Waals surface area contributed by atoms with E-state index in [2.05, 4.69) is 6.92 Å².